The van der Waals surface area contributed by atoms with Gasteiger partial charge in [-0.3, -0.25) is 0 Å². The van der Waals surface area contributed by atoms with E-state index in [9.17, 15) is 5.11 Å². The predicted molar refractivity (Wildman–Crippen MR) is 76.0 cm³/mol. The summed E-state index contributed by atoms with van der Waals surface area (Å²) < 4.78 is 0. The fraction of sp³-hybridized carbons (Fsp3) is 0.462. The van der Waals surface area contributed by atoms with Crippen LogP contribution in [0.4, 0.5) is 5.69 Å². The van der Waals surface area contributed by atoms with E-state index in [1.807, 2.05) is 12.1 Å². The SMILES string of the molecule is N/C(=N/O)c1c(Cl)cccc1N(CCO)C1CCC1. The maximum Gasteiger partial charge on any atom is 0.173 e. The third-order valence-electron chi connectivity index (χ3n) is 3.52. The molecule has 0 unspecified atom stereocenters. The van der Waals surface area contributed by atoms with Crippen molar-refractivity contribution in [2.24, 2.45) is 10.9 Å². The standard InChI is InChI=1S/C13H18ClN3O2/c14-10-5-2-6-11(12(10)13(15)16-19)17(7-8-18)9-3-1-4-9/h2,5-6,9,18-19H,1,3-4,7-8H2,(H2,15,16). The lowest BCUT2D eigenvalue weighted by Crippen LogP contribution is -2.43. The van der Waals surface area contributed by atoms with Gasteiger partial charge in [0.1, 0.15) is 0 Å². The number of hydrogen-bond donors (Lipinski definition) is 3. The summed E-state index contributed by atoms with van der Waals surface area (Å²) in [5, 5.41) is 21.6. The molecule has 0 amide bonds. The Morgan fingerprint density at radius 1 is 1.47 bits per heavy atom. The number of aliphatic hydroxyl groups excluding tert-OH is 1. The molecule has 1 fully saturated rings. The number of oxime groups is 1. The second-order valence-corrected chi connectivity index (χ2v) is 5.03. The van der Waals surface area contributed by atoms with Crippen LogP contribution in [0.5, 0.6) is 0 Å². The number of nitrogens with two attached hydrogens (primary N) is 1. The third-order valence-corrected chi connectivity index (χ3v) is 3.84. The van der Waals surface area contributed by atoms with Crippen LogP contribution in [0.3, 0.4) is 0 Å². The van der Waals surface area contributed by atoms with Crippen LogP contribution < -0.4 is 10.6 Å². The Morgan fingerprint density at radius 3 is 2.74 bits per heavy atom. The first-order valence-corrected chi connectivity index (χ1v) is 6.70. The second kappa shape index (κ2) is 6.12. The molecule has 1 aliphatic rings. The van der Waals surface area contributed by atoms with Crippen molar-refractivity contribution in [1.29, 1.82) is 0 Å². The van der Waals surface area contributed by atoms with Gasteiger partial charge in [0.2, 0.25) is 0 Å². The number of aliphatic hydroxyl groups is 1. The zero-order valence-corrected chi connectivity index (χ0v) is 11.3. The van der Waals surface area contributed by atoms with Crippen LogP contribution in [0, 0.1) is 0 Å². The Labute approximate surface area is 117 Å². The van der Waals surface area contributed by atoms with Crippen molar-refractivity contribution < 1.29 is 10.3 Å². The van der Waals surface area contributed by atoms with Crippen LogP contribution in [-0.2, 0) is 0 Å². The molecule has 19 heavy (non-hydrogen) atoms. The Balaban J connectivity index is 2.43. The number of nitrogens with zero attached hydrogens (tertiary/aromatic N) is 2. The number of anilines is 1. The fourth-order valence-corrected chi connectivity index (χ4v) is 2.63. The largest absolute Gasteiger partial charge is 0.409 e. The normalized spacial score (nSPS) is 16.2. The van der Waals surface area contributed by atoms with Crippen LogP contribution in [-0.4, -0.2) is 35.3 Å². The smallest absolute Gasteiger partial charge is 0.173 e. The summed E-state index contributed by atoms with van der Waals surface area (Å²) in [6, 6.07) is 5.80. The molecule has 0 atom stereocenters. The van der Waals surface area contributed by atoms with Crippen LogP contribution in [0.1, 0.15) is 24.8 Å². The predicted octanol–water partition coefficient (Wildman–Crippen LogP) is 1.79. The van der Waals surface area contributed by atoms with E-state index in [-0.39, 0.29) is 12.4 Å². The van der Waals surface area contributed by atoms with Gasteiger partial charge in [0, 0.05) is 18.3 Å². The Hall–Kier alpha value is -1.46. The molecule has 1 aliphatic carbocycles. The first-order chi connectivity index (χ1) is 9.19. The van der Waals surface area contributed by atoms with Crippen LogP contribution in [0.25, 0.3) is 0 Å². The van der Waals surface area contributed by atoms with Gasteiger partial charge in [0.25, 0.3) is 0 Å². The lowest BCUT2D eigenvalue weighted by Gasteiger charge is -2.40. The number of amidine groups is 1. The minimum atomic E-state index is -0.0112. The summed E-state index contributed by atoms with van der Waals surface area (Å²) in [7, 11) is 0. The van der Waals surface area contributed by atoms with Crippen molar-refractivity contribution in [3.63, 3.8) is 0 Å². The summed E-state index contributed by atoms with van der Waals surface area (Å²) in [6.45, 7) is 0.565. The van der Waals surface area contributed by atoms with E-state index < -0.39 is 0 Å². The molecule has 0 aliphatic heterocycles. The van der Waals surface area contributed by atoms with Gasteiger partial charge in [0.15, 0.2) is 5.84 Å². The molecule has 0 spiro atoms. The number of hydrogen-bond acceptors (Lipinski definition) is 4. The highest BCUT2D eigenvalue weighted by Crippen LogP contribution is 2.34. The molecule has 2 rings (SSSR count). The van der Waals surface area contributed by atoms with E-state index in [1.54, 1.807) is 6.07 Å². The maximum atomic E-state index is 9.24. The summed E-state index contributed by atoms with van der Waals surface area (Å²) in [5.74, 6) is -0.0112. The molecule has 5 nitrogen and oxygen atoms in total. The third kappa shape index (κ3) is 2.77. The molecule has 104 valence electrons. The van der Waals surface area contributed by atoms with Crippen molar-refractivity contribution in [1.82, 2.24) is 0 Å². The van der Waals surface area contributed by atoms with E-state index >= 15 is 0 Å². The topological polar surface area (TPSA) is 82.1 Å². The molecule has 0 heterocycles. The molecule has 6 heteroatoms. The average molecular weight is 284 g/mol. The first-order valence-electron chi connectivity index (χ1n) is 6.33. The first kappa shape index (κ1) is 14.0. The molecule has 0 bridgehead atoms. The van der Waals surface area contributed by atoms with Crippen molar-refractivity contribution in [2.45, 2.75) is 25.3 Å². The second-order valence-electron chi connectivity index (χ2n) is 4.62. The summed E-state index contributed by atoms with van der Waals surface area (Å²) in [4.78, 5) is 2.09. The molecule has 0 saturated heterocycles. The average Bonchev–Trinajstić information content (AvgIpc) is 2.35. The van der Waals surface area contributed by atoms with Crippen molar-refractivity contribution >= 4 is 23.1 Å². The van der Waals surface area contributed by atoms with E-state index in [4.69, 9.17) is 22.5 Å². The Kier molecular flexibility index (Phi) is 4.50. The fourth-order valence-electron chi connectivity index (χ4n) is 2.36. The van der Waals surface area contributed by atoms with E-state index in [0.717, 1.165) is 18.5 Å². The molecule has 1 aromatic carbocycles. The molecule has 4 N–H and O–H groups in total. The molecule has 1 aromatic rings. The van der Waals surface area contributed by atoms with E-state index in [2.05, 4.69) is 10.1 Å². The van der Waals surface area contributed by atoms with Gasteiger partial charge in [-0.15, -0.1) is 0 Å². The molecular weight excluding hydrogens is 266 g/mol. The molecular formula is C13H18ClN3O2. The zero-order valence-electron chi connectivity index (χ0n) is 10.6. The molecule has 0 radical (unpaired) electrons. The summed E-state index contributed by atoms with van der Waals surface area (Å²) in [5.41, 5.74) is 7.04. The van der Waals surface area contributed by atoms with Gasteiger partial charge >= 0.3 is 0 Å². The highest BCUT2D eigenvalue weighted by molar-refractivity contribution is 6.34. The van der Waals surface area contributed by atoms with Gasteiger partial charge in [-0.2, -0.15) is 0 Å². The summed E-state index contributed by atoms with van der Waals surface area (Å²) in [6.07, 6.45) is 3.36. The lowest BCUT2D eigenvalue weighted by molar-refractivity contribution is 0.283. The van der Waals surface area contributed by atoms with Gasteiger partial charge in [-0.05, 0) is 31.4 Å². The van der Waals surface area contributed by atoms with Gasteiger partial charge in [-0.25, -0.2) is 0 Å². The lowest BCUT2D eigenvalue weighted by atomic mass is 9.90. The van der Waals surface area contributed by atoms with Crippen LogP contribution in [0.2, 0.25) is 5.02 Å². The number of rotatable bonds is 5. The highest BCUT2D eigenvalue weighted by Gasteiger charge is 2.27. The van der Waals surface area contributed by atoms with Crippen molar-refractivity contribution in [2.75, 3.05) is 18.1 Å². The Bertz CT molecular complexity index is 475. The molecule has 0 aromatic heterocycles. The quantitative estimate of drug-likeness (QED) is 0.333. The van der Waals surface area contributed by atoms with E-state index in [0.29, 0.717) is 23.2 Å². The summed E-state index contributed by atoms with van der Waals surface area (Å²) >= 11 is 6.15. The van der Waals surface area contributed by atoms with Crippen molar-refractivity contribution in [3.05, 3.63) is 28.8 Å². The number of benzene rings is 1. The zero-order chi connectivity index (χ0) is 13.8. The van der Waals surface area contributed by atoms with Gasteiger partial charge in [0.05, 0.1) is 17.2 Å². The Morgan fingerprint density at radius 2 is 2.21 bits per heavy atom. The van der Waals surface area contributed by atoms with Gasteiger partial charge in [-0.1, -0.05) is 22.8 Å². The minimum absolute atomic E-state index is 0.0112. The highest BCUT2D eigenvalue weighted by atomic mass is 35.5. The number of halogens is 1. The van der Waals surface area contributed by atoms with Gasteiger partial charge < -0.3 is 20.9 Å². The van der Waals surface area contributed by atoms with Crippen molar-refractivity contribution in [3.8, 4) is 0 Å². The minimum Gasteiger partial charge on any atom is -0.409 e. The maximum absolute atomic E-state index is 9.24. The monoisotopic (exact) mass is 283 g/mol. The van der Waals surface area contributed by atoms with E-state index in [1.165, 1.54) is 6.42 Å². The molecule has 1 saturated carbocycles. The van der Waals surface area contributed by atoms with Crippen LogP contribution >= 0.6 is 11.6 Å². The van der Waals surface area contributed by atoms with Crippen LogP contribution in [0.15, 0.2) is 23.4 Å².